The van der Waals surface area contributed by atoms with Crippen LogP contribution in [0.25, 0.3) is 11.0 Å². The van der Waals surface area contributed by atoms with E-state index in [-0.39, 0.29) is 18.7 Å². The molecule has 3 N–H and O–H groups in total. The van der Waals surface area contributed by atoms with E-state index in [1.807, 2.05) is 4.90 Å². The van der Waals surface area contributed by atoms with Crippen LogP contribution in [0.1, 0.15) is 43.1 Å². The van der Waals surface area contributed by atoms with Crippen molar-refractivity contribution in [2.45, 2.75) is 49.4 Å². The molecule has 2 unspecified atom stereocenters. The predicted molar refractivity (Wildman–Crippen MR) is 145 cm³/mol. The quantitative estimate of drug-likeness (QED) is 0.327. The second-order valence-electron chi connectivity index (χ2n) is 10.6. The Morgan fingerprint density at radius 2 is 1.82 bits per heavy atom. The maximum Gasteiger partial charge on any atom is 0.380 e. The highest BCUT2D eigenvalue weighted by Gasteiger charge is 2.46. The zero-order valence-electron chi connectivity index (χ0n) is 22.0. The lowest BCUT2D eigenvalue weighted by atomic mass is 9.96. The fraction of sp³-hybridized carbons (Fsp3) is 0.483. The largest absolute Gasteiger partial charge is 0.491 e. The maximum absolute atomic E-state index is 15.3. The summed E-state index contributed by atoms with van der Waals surface area (Å²) < 4.78 is 46.9. The predicted octanol–water partition coefficient (Wildman–Crippen LogP) is 4.41. The number of amides is 1. The molecule has 11 heteroatoms. The lowest BCUT2D eigenvalue weighted by molar-refractivity contribution is -0.151. The average Bonchev–Trinajstić information content (AvgIpc) is 3.62. The lowest BCUT2D eigenvalue weighted by Gasteiger charge is -2.31. The first-order valence-electron chi connectivity index (χ1n) is 13.4. The Bertz CT molecular complexity index is 1310. The minimum absolute atomic E-state index is 0.106. The van der Waals surface area contributed by atoms with Crippen LogP contribution in [0.2, 0.25) is 5.02 Å². The first kappa shape index (κ1) is 28.8. The van der Waals surface area contributed by atoms with Crippen LogP contribution in [0.5, 0.6) is 5.75 Å². The number of aliphatic hydroxyl groups excluding tert-OH is 1. The Labute approximate surface area is 235 Å². The van der Waals surface area contributed by atoms with Gasteiger partial charge in [0, 0.05) is 43.0 Å². The fourth-order valence-corrected chi connectivity index (χ4v) is 5.30. The van der Waals surface area contributed by atoms with E-state index in [1.165, 1.54) is 18.2 Å². The van der Waals surface area contributed by atoms with E-state index >= 15 is 8.78 Å². The van der Waals surface area contributed by atoms with E-state index < -0.39 is 35.3 Å². The number of rotatable bonds is 10. The van der Waals surface area contributed by atoms with Crippen molar-refractivity contribution in [3.05, 3.63) is 64.9 Å². The average molecular weight is 579 g/mol. The number of furan rings is 1. The van der Waals surface area contributed by atoms with Crippen LogP contribution in [0.4, 0.5) is 8.78 Å². The van der Waals surface area contributed by atoms with Crippen LogP contribution in [-0.2, 0) is 15.5 Å². The van der Waals surface area contributed by atoms with Gasteiger partial charge in [0.25, 0.3) is 5.91 Å². The monoisotopic (exact) mass is 578 g/mol. The summed E-state index contributed by atoms with van der Waals surface area (Å²) in [5.41, 5.74) is -0.339. The lowest BCUT2D eigenvalue weighted by Crippen LogP contribution is -2.50. The molecule has 5 rings (SSSR count). The highest BCUT2D eigenvalue weighted by atomic mass is 35.5. The fourth-order valence-electron chi connectivity index (χ4n) is 5.11. The molecule has 3 aromatic rings. The van der Waals surface area contributed by atoms with Crippen molar-refractivity contribution >= 4 is 28.5 Å². The van der Waals surface area contributed by atoms with E-state index in [2.05, 4.69) is 5.32 Å². The zero-order valence-corrected chi connectivity index (χ0v) is 22.7. The van der Waals surface area contributed by atoms with Gasteiger partial charge in [-0.1, -0.05) is 23.7 Å². The van der Waals surface area contributed by atoms with Crippen LogP contribution in [0.3, 0.4) is 0 Å². The SMILES string of the molecule is O=C(NC(CN1CCCC1)C(O)c1ccc(OCC2(O)CCOCC2)cc1)C(F)(F)c1cc2cc(Cl)ccc2o1. The second-order valence-corrected chi connectivity index (χ2v) is 11.0. The number of ether oxygens (including phenoxy) is 2. The Morgan fingerprint density at radius 3 is 2.52 bits per heavy atom. The Balaban J connectivity index is 1.29. The number of alkyl halides is 2. The number of nitrogens with zero attached hydrogens (tertiary/aromatic N) is 1. The number of likely N-dealkylation sites (tertiary alicyclic amines) is 1. The number of halogens is 3. The summed E-state index contributed by atoms with van der Waals surface area (Å²) in [5, 5.41) is 24.9. The summed E-state index contributed by atoms with van der Waals surface area (Å²) >= 11 is 5.95. The van der Waals surface area contributed by atoms with Gasteiger partial charge < -0.3 is 34.3 Å². The normalized spacial score (nSPS) is 19.4. The first-order valence-corrected chi connectivity index (χ1v) is 13.8. The third kappa shape index (κ3) is 6.58. The third-order valence-electron chi connectivity index (χ3n) is 7.58. The van der Waals surface area contributed by atoms with Gasteiger partial charge in [0.1, 0.15) is 29.6 Å². The molecular weight excluding hydrogens is 546 g/mol. The summed E-state index contributed by atoms with van der Waals surface area (Å²) in [7, 11) is 0. The number of hydrogen-bond donors (Lipinski definition) is 3. The molecular formula is C29H33ClF2N2O6. The van der Waals surface area contributed by atoms with E-state index in [0.29, 0.717) is 47.8 Å². The molecule has 1 aromatic heterocycles. The highest BCUT2D eigenvalue weighted by Crippen LogP contribution is 2.35. The van der Waals surface area contributed by atoms with Gasteiger partial charge in [-0.3, -0.25) is 4.79 Å². The maximum atomic E-state index is 15.3. The van der Waals surface area contributed by atoms with Crippen LogP contribution >= 0.6 is 11.6 Å². The molecule has 216 valence electrons. The molecule has 2 fully saturated rings. The molecule has 1 amide bonds. The van der Waals surface area contributed by atoms with Gasteiger partial charge in [0.2, 0.25) is 0 Å². The summed E-state index contributed by atoms with van der Waals surface area (Å²) in [6.07, 6.45) is 1.61. The third-order valence-corrected chi connectivity index (χ3v) is 7.81. The molecule has 3 heterocycles. The van der Waals surface area contributed by atoms with E-state index in [4.69, 9.17) is 25.5 Å². The smallest absolute Gasteiger partial charge is 0.380 e. The van der Waals surface area contributed by atoms with Gasteiger partial charge in [-0.15, -0.1) is 0 Å². The van der Waals surface area contributed by atoms with E-state index in [0.717, 1.165) is 32.0 Å². The van der Waals surface area contributed by atoms with Crippen LogP contribution in [0, 0.1) is 0 Å². The van der Waals surface area contributed by atoms with Gasteiger partial charge in [0.05, 0.1) is 6.04 Å². The van der Waals surface area contributed by atoms with Crippen molar-refractivity contribution in [1.29, 1.82) is 0 Å². The van der Waals surface area contributed by atoms with Crippen molar-refractivity contribution in [3.63, 3.8) is 0 Å². The summed E-state index contributed by atoms with van der Waals surface area (Å²) in [6, 6.07) is 11.1. The molecule has 0 radical (unpaired) electrons. The van der Waals surface area contributed by atoms with Crippen molar-refractivity contribution < 1.29 is 37.7 Å². The van der Waals surface area contributed by atoms with Gasteiger partial charge in [-0.25, -0.2) is 0 Å². The Hall–Kier alpha value is -2.76. The second kappa shape index (κ2) is 12.0. The molecule has 2 aliphatic heterocycles. The summed E-state index contributed by atoms with van der Waals surface area (Å²) in [6.45, 7) is 2.75. The van der Waals surface area contributed by atoms with Crippen LogP contribution in [0.15, 0.2) is 52.9 Å². The number of hydrogen-bond acceptors (Lipinski definition) is 7. The van der Waals surface area contributed by atoms with Gasteiger partial charge in [-0.05, 0) is 67.9 Å². The number of benzene rings is 2. The van der Waals surface area contributed by atoms with Crippen molar-refractivity contribution in [2.75, 3.05) is 39.5 Å². The minimum atomic E-state index is -3.98. The molecule has 2 aliphatic rings. The first-order chi connectivity index (χ1) is 19.1. The number of nitrogens with one attached hydrogen (secondary N) is 1. The molecule has 40 heavy (non-hydrogen) atoms. The topological polar surface area (TPSA) is 104 Å². The van der Waals surface area contributed by atoms with E-state index in [1.54, 1.807) is 24.3 Å². The van der Waals surface area contributed by atoms with Gasteiger partial charge in [0.15, 0.2) is 5.76 Å². The van der Waals surface area contributed by atoms with Gasteiger partial charge in [-0.2, -0.15) is 8.78 Å². The Kier molecular flexibility index (Phi) is 8.63. The Morgan fingerprint density at radius 1 is 1.12 bits per heavy atom. The van der Waals surface area contributed by atoms with Gasteiger partial charge >= 0.3 is 5.92 Å². The standard InChI is InChI=1S/C29H33ClF2N2O6/c30-21-5-8-24-20(15-21)16-25(40-24)29(31,32)27(36)33-23(17-34-11-1-2-12-34)26(35)19-3-6-22(7-4-19)39-18-28(37)9-13-38-14-10-28/h3-8,15-16,23,26,35,37H,1-2,9-14,17-18H2,(H,33,36). The van der Waals surface area contributed by atoms with E-state index in [9.17, 15) is 15.0 Å². The van der Waals surface area contributed by atoms with Crippen LogP contribution < -0.4 is 10.1 Å². The minimum Gasteiger partial charge on any atom is -0.491 e. The molecule has 0 bridgehead atoms. The van der Waals surface area contributed by atoms with Crippen molar-refractivity contribution in [3.8, 4) is 5.75 Å². The number of aliphatic hydroxyl groups is 2. The molecule has 2 saturated heterocycles. The molecule has 8 nitrogen and oxygen atoms in total. The van der Waals surface area contributed by atoms with Crippen LogP contribution in [-0.4, -0.2) is 72.1 Å². The summed E-state index contributed by atoms with van der Waals surface area (Å²) in [4.78, 5) is 14.9. The summed E-state index contributed by atoms with van der Waals surface area (Å²) in [5.74, 6) is -5.85. The molecule has 2 atom stereocenters. The molecule has 0 spiro atoms. The number of carbonyl (C=O) groups is 1. The molecule has 2 aromatic carbocycles. The zero-order chi connectivity index (χ0) is 28.3. The van der Waals surface area contributed by atoms with Crippen molar-refractivity contribution in [1.82, 2.24) is 10.2 Å². The number of carbonyl (C=O) groups excluding carboxylic acids is 1. The van der Waals surface area contributed by atoms with Crippen molar-refractivity contribution in [2.24, 2.45) is 0 Å². The molecule has 0 saturated carbocycles. The number of fused-ring (bicyclic) bond motifs is 1. The molecule has 0 aliphatic carbocycles. The highest BCUT2D eigenvalue weighted by molar-refractivity contribution is 6.31.